The van der Waals surface area contributed by atoms with Crippen molar-refractivity contribution >= 4 is 13.5 Å². The predicted molar refractivity (Wildman–Crippen MR) is 72.9 cm³/mol. The molecule has 1 heterocycles. The molecular weight excluding hydrogens is 211 g/mol. The first-order chi connectivity index (χ1) is 7.77. The van der Waals surface area contributed by atoms with Crippen LogP contribution in [0.5, 0.6) is 0 Å². The molecule has 0 aromatic heterocycles. The topological polar surface area (TPSA) is 0 Å². The molecular formula is C15H15P. The maximum Gasteiger partial charge on any atom is 0.0325 e. The van der Waals surface area contributed by atoms with Gasteiger partial charge in [0.25, 0.3) is 0 Å². The summed E-state index contributed by atoms with van der Waals surface area (Å²) < 4.78 is 0. The predicted octanol–water partition coefficient (Wildman–Crippen LogP) is 4.41. The molecule has 0 saturated carbocycles. The van der Waals surface area contributed by atoms with Crippen LogP contribution in [0, 0.1) is 5.92 Å². The van der Waals surface area contributed by atoms with Crippen LogP contribution in [-0.2, 0) is 0 Å². The Morgan fingerprint density at radius 2 is 2.12 bits per heavy atom. The van der Waals surface area contributed by atoms with Crippen molar-refractivity contribution in [1.29, 1.82) is 0 Å². The number of rotatable bonds is 1. The van der Waals surface area contributed by atoms with Crippen LogP contribution >= 0.6 is 8.20 Å². The van der Waals surface area contributed by atoms with E-state index in [4.69, 9.17) is 0 Å². The molecule has 0 radical (unpaired) electrons. The zero-order valence-electron chi connectivity index (χ0n) is 9.70. The van der Waals surface area contributed by atoms with E-state index in [1.807, 2.05) is 0 Å². The normalized spacial score (nSPS) is 26.8. The molecule has 0 amide bonds. The van der Waals surface area contributed by atoms with E-state index in [-0.39, 0.29) is 0 Å². The maximum absolute atomic E-state index is 2.33. The molecule has 0 saturated heterocycles. The van der Waals surface area contributed by atoms with Gasteiger partial charge in [0, 0.05) is 11.2 Å². The highest BCUT2D eigenvalue weighted by Gasteiger charge is 2.30. The minimum Gasteiger partial charge on any atom is -0.0801 e. The lowest BCUT2D eigenvalue weighted by molar-refractivity contribution is 1.01. The Bertz CT molecular complexity index is 518. The van der Waals surface area contributed by atoms with Gasteiger partial charge in [-0.05, 0) is 36.7 Å². The van der Waals surface area contributed by atoms with Crippen LogP contribution in [0.25, 0.3) is 0 Å². The van der Waals surface area contributed by atoms with Crippen molar-refractivity contribution in [2.24, 2.45) is 5.92 Å². The number of fused-ring (bicyclic) bond motifs is 1. The summed E-state index contributed by atoms with van der Waals surface area (Å²) in [5.74, 6) is 0.572. The van der Waals surface area contributed by atoms with Gasteiger partial charge in [0.05, 0.1) is 0 Å². The molecule has 2 aliphatic carbocycles. The quantitative estimate of drug-likeness (QED) is 0.581. The average molecular weight is 226 g/mol. The molecule has 1 atom stereocenters. The minimum atomic E-state index is 0.572. The van der Waals surface area contributed by atoms with Crippen LogP contribution in [0.15, 0.2) is 58.5 Å². The van der Waals surface area contributed by atoms with E-state index in [2.05, 4.69) is 50.3 Å². The third-order valence-electron chi connectivity index (χ3n) is 3.31. The molecule has 0 nitrogen and oxygen atoms in total. The first-order valence-corrected chi connectivity index (χ1v) is 6.67. The highest BCUT2D eigenvalue weighted by atomic mass is 31.1. The molecule has 3 rings (SSSR count). The summed E-state index contributed by atoms with van der Waals surface area (Å²) in [7, 11) is 1.43. The highest BCUT2D eigenvalue weighted by Crippen LogP contribution is 2.47. The van der Waals surface area contributed by atoms with Crippen LogP contribution in [0.2, 0.25) is 0 Å². The first kappa shape index (κ1) is 10.1. The van der Waals surface area contributed by atoms with E-state index in [9.17, 15) is 0 Å². The fourth-order valence-electron chi connectivity index (χ4n) is 2.57. The van der Waals surface area contributed by atoms with Gasteiger partial charge < -0.3 is 0 Å². The number of hydrogen-bond donors (Lipinski definition) is 0. The summed E-state index contributed by atoms with van der Waals surface area (Å²) in [4.78, 5) is 0. The fourth-order valence-corrected chi connectivity index (χ4v) is 4.14. The van der Waals surface area contributed by atoms with Crippen molar-refractivity contribution in [3.8, 4) is 0 Å². The largest absolute Gasteiger partial charge is 0.0801 e. The molecule has 0 aromatic rings. The summed E-state index contributed by atoms with van der Waals surface area (Å²) >= 11 is 0. The second kappa shape index (κ2) is 3.71. The fraction of sp³-hybridized carbons (Fsp3) is 0.267. The second-order valence-electron chi connectivity index (χ2n) is 4.65. The first-order valence-electron chi connectivity index (χ1n) is 5.78. The van der Waals surface area contributed by atoms with Gasteiger partial charge in [-0.15, -0.1) is 0 Å². The lowest BCUT2D eigenvalue weighted by Crippen LogP contribution is -2.07. The molecule has 3 aliphatic rings. The summed E-state index contributed by atoms with van der Waals surface area (Å²) in [5, 5.41) is 3.12. The van der Waals surface area contributed by atoms with Crippen LogP contribution in [0.1, 0.15) is 20.3 Å². The Morgan fingerprint density at radius 1 is 1.25 bits per heavy atom. The molecule has 1 heteroatoms. The molecule has 0 aromatic carbocycles. The Hall–Kier alpha value is -1.13. The van der Waals surface area contributed by atoms with Gasteiger partial charge in [-0.25, -0.2) is 0 Å². The molecule has 16 heavy (non-hydrogen) atoms. The van der Waals surface area contributed by atoms with Crippen molar-refractivity contribution in [3.63, 3.8) is 0 Å². The third-order valence-corrected chi connectivity index (χ3v) is 4.75. The van der Waals surface area contributed by atoms with Crippen molar-refractivity contribution < 1.29 is 0 Å². The molecule has 1 unspecified atom stereocenters. The van der Waals surface area contributed by atoms with Crippen molar-refractivity contribution in [1.82, 2.24) is 0 Å². The van der Waals surface area contributed by atoms with E-state index in [0.29, 0.717) is 5.92 Å². The molecule has 0 fully saturated rings. The molecule has 0 spiro atoms. The van der Waals surface area contributed by atoms with Gasteiger partial charge in [-0.1, -0.05) is 50.2 Å². The van der Waals surface area contributed by atoms with Crippen LogP contribution in [0.4, 0.5) is 0 Å². The van der Waals surface area contributed by atoms with Gasteiger partial charge >= 0.3 is 0 Å². The highest BCUT2D eigenvalue weighted by molar-refractivity contribution is 7.47. The van der Waals surface area contributed by atoms with E-state index >= 15 is 0 Å². The molecule has 1 aliphatic heterocycles. The van der Waals surface area contributed by atoms with Crippen molar-refractivity contribution in [2.45, 2.75) is 20.3 Å². The van der Waals surface area contributed by atoms with E-state index < -0.39 is 0 Å². The summed E-state index contributed by atoms with van der Waals surface area (Å²) in [6.07, 6.45) is 14.6. The Kier molecular flexibility index (Phi) is 2.33. The van der Waals surface area contributed by atoms with Crippen LogP contribution < -0.4 is 0 Å². The van der Waals surface area contributed by atoms with Gasteiger partial charge in [0.1, 0.15) is 0 Å². The monoisotopic (exact) mass is 226 g/mol. The lowest BCUT2D eigenvalue weighted by Gasteiger charge is -2.13. The van der Waals surface area contributed by atoms with E-state index in [1.54, 1.807) is 16.2 Å². The Morgan fingerprint density at radius 3 is 2.81 bits per heavy atom. The van der Waals surface area contributed by atoms with Crippen molar-refractivity contribution in [2.75, 3.05) is 0 Å². The zero-order valence-corrected chi connectivity index (χ0v) is 10.6. The zero-order chi connectivity index (χ0) is 11.1. The van der Waals surface area contributed by atoms with Gasteiger partial charge in [-0.2, -0.15) is 0 Å². The van der Waals surface area contributed by atoms with Crippen LogP contribution in [0.3, 0.4) is 0 Å². The minimum absolute atomic E-state index is 0.572. The summed E-state index contributed by atoms with van der Waals surface area (Å²) in [5.41, 5.74) is 4.55. The average Bonchev–Trinajstić information content (AvgIpc) is 2.92. The van der Waals surface area contributed by atoms with Gasteiger partial charge in [0.15, 0.2) is 0 Å². The van der Waals surface area contributed by atoms with Crippen molar-refractivity contribution in [3.05, 3.63) is 58.5 Å². The summed E-state index contributed by atoms with van der Waals surface area (Å²) in [6.45, 7) is 4.48. The Balaban J connectivity index is 2.08. The second-order valence-corrected chi connectivity index (χ2v) is 5.84. The number of hydrogen-bond acceptors (Lipinski definition) is 0. The van der Waals surface area contributed by atoms with Gasteiger partial charge in [-0.3, -0.25) is 0 Å². The third kappa shape index (κ3) is 1.41. The SMILES string of the molecule is CC(C)=C1C(C2=CC=CC2)=PC2=CC=CC21. The number of allylic oxidation sites excluding steroid dienone is 10. The smallest absolute Gasteiger partial charge is 0.0325 e. The van der Waals surface area contributed by atoms with E-state index in [1.165, 1.54) is 19.4 Å². The lowest BCUT2D eigenvalue weighted by atomic mass is 9.90. The Labute approximate surface area is 98.6 Å². The van der Waals surface area contributed by atoms with Gasteiger partial charge in [0.2, 0.25) is 0 Å². The molecule has 0 bridgehead atoms. The van der Waals surface area contributed by atoms with Crippen LogP contribution in [-0.4, -0.2) is 5.29 Å². The maximum atomic E-state index is 2.33. The van der Waals surface area contributed by atoms with E-state index in [0.717, 1.165) is 6.42 Å². The molecule has 0 N–H and O–H groups in total. The summed E-state index contributed by atoms with van der Waals surface area (Å²) in [6, 6.07) is 0. The molecule has 80 valence electrons. The standard InChI is InChI=1S/C15H15P/c1-10(2)14-12-8-5-9-13(12)16-15(14)11-6-3-4-7-11/h3-6,8-9,12H,7H2,1-2H3.